The Balaban J connectivity index is 1.24. The molecule has 180 valence electrons. The smallest absolute Gasteiger partial charge is 0.410 e. The van der Waals surface area contributed by atoms with Crippen molar-refractivity contribution in [2.45, 2.75) is 37.8 Å². The number of hydrogen-bond donors (Lipinski definition) is 1. The van der Waals surface area contributed by atoms with Gasteiger partial charge < -0.3 is 24.8 Å². The molecule has 2 atom stereocenters. The van der Waals surface area contributed by atoms with Gasteiger partial charge in [-0.2, -0.15) is 0 Å². The number of hydrogen-bond acceptors (Lipinski definition) is 5. The number of nitrogens with zero attached hydrogens (tertiary/aromatic N) is 3. The zero-order valence-corrected chi connectivity index (χ0v) is 19.9. The van der Waals surface area contributed by atoms with E-state index in [4.69, 9.17) is 4.74 Å². The third-order valence-corrected chi connectivity index (χ3v) is 7.50. The molecular formula is C27H34N4O3. The first-order valence-electron chi connectivity index (χ1n) is 12.4. The molecule has 2 fully saturated rings. The SMILES string of the molecule is CNCCC(=O)N1CCN(c2ccc3c(c2)[C@@H]2C[C@H]3CCN2C(=O)OCc2ccccc2)CC1. The van der Waals surface area contributed by atoms with E-state index >= 15 is 0 Å². The Morgan fingerprint density at radius 3 is 2.56 bits per heavy atom. The third kappa shape index (κ3) is 4.62. The molecule has 0 unspecified atom stereocenters. The van der Waals surface area contributed by atoms with Crippen LogP contribution < -0.4 is 10.2 Å². The summed E-state index contributed by atoms with van der Waals surface area (Å²) in [5.41, 5.74) is 4.84. The minimum atomic E-state index is -0.223. The van der Waals surface area contributed by atoms with Crippen molar-refractivity contribution < 1.29 is 14.3 Å². The molecule has 0 spiro atoms. The normalized spacial score (nSPS) is 21.4. The standard InChI is InChI=1S/C27H34N4O3/c1-28-11-9-26(32)30-15-13-29(14-16-30)22-7-8-23-21-10-12-31(25(17-21)24(23)18-22)27(33)34-19-20-5-3-2-4-6-20/h2-8,18,21,25,28H,9-17,19H2,1H3/t21-,25+/m1/s1. The number of piperidine rings is 1. The summed E-state index contributed by atoms with van der Waals surface area (Å²) < 4.78 is 5.68. The maximum absolute atomic E-state index is 13.0. The van der Waals surface area contributed by atoms with Crippen molar-refractivity contribution in [3.63, 3.8) is 0 Å². The highest BCUT2D eigenvalue weighted by atomic mass is 16.6. The number of amides is 2. The highest BCUT2D eigenvalue weighted by Crippen LogP contribution is 2.50. The van der Waals surface area contributed by atoms with E-state index in [2.05, 4.69) is 28.4 Å². The summed E-state index contributed by atoms with van der Waals surface area (Å²) in [6.07, 6.45) is 2.29. The van der Waals surface area contributed by atoms with E-state index in [-0.39, 0.29) is 18.0 Å². The molecule has 5 rings (SSSR count). The van der Waals surface area contributed by atoms with Crippen molar-refractivity contribution >= 4 is 17.7 Å². The quantitative estimate of drug-likeness (QED) is 0.712. The van der Waals surface area contributed by atoms with Gasteiger partial charge in [0.1, 0.15) is 6.61 Å². The van der Waals surface area contributed by atoms with Crippen LogP contribution in [0, 0.1) is 0 Å². The van der Waals surface area contributed by atoms with Crippen LogP contribution >= 0.6 is 0 Å². The molecule has 3 aliphatic rings. The zero-order chi connectivity index (χ0) is 23.5. The summed E-state index contributed by atoms with van der Waals surface area (Å²) >= 11 is 0. The Hall–Kier alpha value is -3.06. The van der Waals surface area contributed by atoms with Crippen molar-refractivity contribution in [1.29, 1.82) is 0 Å². The molecule has 1 aliphatic carbocycles. The second-order valence-corrected chi connectivity index (χ2v) is 9.51. The molecule has 2 aliphatic heterocycles. The first-order chi connectivity index (χ1) is 16.6. The minimum absolute atomic E-state index is 0.0846. The summed E-state index contributed by atoms with van der Waals surface area (Å²) in [6.45, 7) is 4.93. The Kier molecular flexibility index (Phi) is 6.72. The van der Waals surface area contributed by atoms with Crippen LogP contribution in [0.2, 0.25) is 0 Å². The molecule has 2 saturated heterocycles. The Morgan fingerprint density at radius 2 is 1.79 bits per heavy atom. The fourth-order valence-corrected chi connectivity index (χ4v) is 5.59. The van der Waals surface area contributed by atoms with Gasteiger partial charge in [-0.15, -0.1) is 0 Å². The molecule has 0 radical (unpaired) electrons. The molecule has 1 N–H and O–H groups in total. The number of benzene rings is 2. The maximum Gasteiger partial charge on any atom is 0.410 e. The number of anilines is 1. The zero-order valence-electron chi connectivity index (χ0n) is 19.9. The molecule has 2 bridgehead atoms. The number of rotatable bonds is 6. The molecule has 34 heavy (non-hydrogen) atoms. The van der Waals surface area contributed by atoms with Crippen LogP contribution in [0.4, 0.5) is 10.5 Å². The Bertz CT molecular complexity index is 1020. The largest absolute Gasteiger partial charge is 0.445 e. The number of fused-ring (bicyclic) bond motifs is 5. The van der Waals surface area contributed by atoms with Gasteiger partial charge in [0.2, 0.25) is 5.91 Å². The fourth-order valence-electron chi connectivity index (χ4n) is 5.59. The Labute approximate surface area is 201 Å². The maximum atomic E-state index is 13.0. The van der Waals surface area contributed by atoms with Crippen LogP contribution in [0.3, 0.4) is 0 Å². The lowest BCUT2D eigenvalue weighted by atomic mass is 9.96. The monoisotopic (exact) mass is 462 g/mol. The lowest BCUT2D eigenvalue weighted by Crippen LogP contribution is -2.49. The summed E-state index contributed by atoms with van der Waals surface area (Å²) in [5, 5.41) is 3.05. The second kappa shape index (κ2) is 10.1. The average molecular weight is 463 g/mol. The number of likely N-dealkylation sites (tertiary alicyclic amines) is 1. The summed E-state index contributed by atoms with van der Waals surface area (Å²) in [5.74, 6) is 0.746. The van der Waals surface area contributed by atoms with Crippen molar-refractivity contribution in [3.8, 4) is 0 Å². The lowest BCUT2D eigenvalue weighted by molar-refractivity contribution is -0.131. The molecule has 7 nitrogen and oxygen atoms in total. The first kappa shape index (κ1) is 22.7. The molecule has 2 aromatic rings. The molecule has 0 saturated carbocycles. The van der Waals surface area contributed by atoms with Crippen LogP contribution in [-0.4, -0.2) is 68.1 Å². The van der Waals surface area contributed by atoms with Gasteiger partial charge in [0.25, 0.3) is 0 Å². The van der Waals surface area contributed by atoms with Crippen LogP contribution in [0.5, 0.6) is 0 Å². The molecule has 0 aromatic heterocycles. The van der Waals surface area contributed by atoms with E-state index in [9.17, 15) is 9.59 Å². The summed E-state index contributed by atoms with van der Waals surface area (Å²) in [6, 6.07) is 16.7. The fraction of sp³-hybridized carbons (Fsp3) is 0.481. The van der Waals surface area contributed by atoms with E-state index in [0.717, 1.165) is 57.7 Å². The molecule has 7 heteroatoms. The number of nitrogens with one attached hydrogen (secondary N) is 1. The minimum Gasteiger partial charge on any atom is -0.445 e. The third-order valence-electron chi connectivity index (χ3n) is 7.50. The van der Waals surface area contributed by atoms with Gasteiger partial charge in [0.05, 0.1) is 6.04 Å². The van der Waals surface area contributed by atoms with Crippen LogP contribution in [0.1, 0.15) is 47.9 Å². The van der Waals surface area contributed by atoms with E-state index in [1.807, 2.05) is 47.2 Å². The number of ether oxygens (including phenoxy) is 1. The summed E-state index contributed by atoms with van der Waals surface area (Å²) in [7, 11) is 1.87. The van der Waals surface area contributed by atoms with Gasteiger partial charge in [0.15, 0.2) is 0 Å². The Morgan fingerprint density at radius 1 is 1.00 bits per heavy atom. The predicted molar refractivity (Wildman–Crippen MR) is 132 cm³/mol. The molecular weight excluding hydrogens is 428 g/mol. The molecule has 2 amide bonds. The molecule has 2 aromatic carbocycles. The molecule has 2 heterocycles. The van der Waals surface area contributed by atoms with Gasteiger partial charge in [-0.1, -0.05) is 36.4 Å². The van der Waals surface area contributed by atoms with Gasteiger partial charge in [-0.25, -0.2) is 4.79 Å². The van der Waals surface area contributed by atoms with Crippen molar-refractivity contribution in [2.24, 2.45) is 0 Å². The lowest BCUT2D eigenvalue weighted by Gasteiger charge is -2.36. The second-order valence-electron chi connectivity index (χ2n) is 9.51. The van der Waals surface area contributed by atoms with Gasteiger partial charge in [0, 0.05) is 51.4 Å². The average Bonchev–Trinajstić information content (AvgIpc) is 3.17. The summed E-state index contributed by atoms with van der Waals surface area (Å²) in [4.78, 5) is 31.6. The predicted octanol–water partition coefficient (Wildman–Crippen LogP) is 3.52. The number of carbonyl (C=O) groups excluding carboxylic acids is 2. The highest BCUT2D eigenvalue weighted by molar-refractivity contribution is 5.76. The van der Waals surface area contributed by atoms with Crippen LogP contribution in [0.15, 0.2) is 48.5 Å². The highest BCUT2D eigenvalue weighted by Gasteiger charge is 2.41. The number of piperazine rings is 1. The van der Waals surface area contributed by atoms with Gasteiger partial charge in [-0.05, 0) is 54.6 Å². The van der Waals surface area contributed by atoms with Crippen LogP contribution in [0.25, 0.3) is 0 Å². The van der Waals surface area contributed by atoms with Crippen molar-refractivity contribution in [1.82, 2.24) is 15.1 Å². The van der Waals surface area contributed by atoms with Crippen molar-refractivity contribution in [3.05, 3.63) is 65.2 Å². The van der Waals surface area contributed by atoms with E-state index in [1.165, 1.54) is 16.8 Å². The van der Waals surface area contributed by atoms with Crippen molar-refractivity contribution in [2.75, 3.05) is 51.2 Å². The number of carbonyl (C=O) groups is 2. The van der Waals surface area contributed by atoms with E-state index in [0.29, 0.717) is 18.9 Å². The van der Waals surface area contributed by atoms with Gasteiger partial charge in [-0.3, -0.25) is 4.79 Å². The van der Waals surface area contributed by atoms with Crippen LogP contribution in [-0.2, 0) is 16.1 Å². The topological polar surface area (TPSA) is 65.1 Å². The van der Waals surface area contributed by atoms with E-state index < -0.39 is 0 Å². The van der Waals surface area contributed by atoms with E-state index in [1.54, 1.807) is 0 Å². The first-order valence-corrected chi connectivity index (χ1v) is 12.4. The van der Waals surface area contributed by atoms with Gasteiger partial charge >= 0.3 is 6.09 Å².